The number of halogens is 1. The van der Waals surface area contributed by atoms with E-state index in [1.165, 1.54) is 12.8 Å². The normalized spacial score (nSPS) is 19.0. The Morgan fingerprint density at radius 2 is 2.35 bits per heavy atom. The van der Waals surface area contributed by atoms with E-state index in [4.69, 9.17) is 16.9 Å². The van der Waals surface area contributed by atoms with Gasteiger partial charge in [-0.1, -0.05) is 24.6 Å². The Hall–Kier alpha value is -1.08. The lowest BCUT2D eigenvalue weighted by molar-refractivity contribution is 0.158. The molecule has 0 aliphatic carbocycles. The van der Waals surface area contributed by atoms with Crippen molar-refractivity contribution in [2.75, 3.05) is 19.6 Å². The first kappa shape index (κ1) is 15.3. The maximum atomic E-state index is 8.90. The molecule has 3 nitrogen and oxygen atoms in total. The van der Waals surface area contributed by atoms with Crippen LogP contribution in [-0.4, -0.2) is 30.6 Å². The molecule has 1 saturated heterocycles. The van der Waals surface area contributed by atoms with E-state index in [-0.39, 0.29) is 0 Å². The molecule has 20 heavy (non-hydrogen) atoms. The van der Waals surface area contributed by atoms with E-state index in [1.807, 2.05) is 12.1 Å². The topological polar surface area (TPSA) is 39.1 Å². The van der Waals surface area contributed by atoms with Gasteiger partial charge in [-0.05, 0) is 50.0 Å². The third-order valence-corrected chi connectivity index (χ3v) is 4.21. The summed E-state index contributed by atoms with van der Waals surface area (Å²) in [7, 11) is 0. The zero-order chi connectivity index (χ0) is 14.4. The number of nitrogens with one attached hydrogen (secondary N) is 1. The van der Waals surface area contributed by atoms with Gasteiger partial charge in [0, 0.05) is 24.2 Å². The molecule has 4 heteroatoms. The molecule has 1 aromatic carbocycles. The molecule has 1 unspecified atom stereocenters. The lowest BCUT2D eigenvalue weighted by Gasteiger charge is -2.34. The molecule has 1 aliphatic heterocycles. The van der Waals surface area contributed by atoms with Crippen molar-refractivity contribution in [3.63, 3.8) is 0 Å². The number of piperidine rings is 1. The third kappa shape index (κ3) is 3.96. The van der Waals surface area contributed by atoms with Crippen LogP contribution in [0.2, 0.25) is 5.02 Å². The van der Waals surface area contributed by atoms with E-state index in [2.05, 4.69) is 23.2 Å². The van der Waals surface area contributed by atoms with Crippen molar-refractivity contribution in [1.29, 1.82) is 5.26 Å². The summed E-state index contributed by atoms with van der Waals surface area (Å²) in [5.41, 5.74) is 1.74. The lowest BCUT2D eigenvalue weighted by atomic mass is 10.0. The summed E-state index contributed by atoms with van der Waals surface area (Å²) in [6.45, 7) is 6.36. The Balaban J connectivity index is 2.09. The van der Waals surface area contributed by atoms with Crippen molar-refractivity contribution >= 4 is 11.6 Å². The minimum absolute atomic E-state index is 0.593. The van der Waals surface area contributed by atoms with Gasteiger partial charge in [-0.25, -0.2) is 0 Å². The lowest BCUT2D eigenvalue weighted by Crippen LogP contribution is -2.45. The highest BCUT2D eigenvalue weighted by Crippen LogP contribution is 2.22. The van der Waals surface area contributed by atoms with Crippen molar-refractivity contribution in [2.45, 2.75) is 38.8 Å². The van der Waals surface area contributed by atoms with Crippen LogP contribution in [0.15, 0.2) is 18.2 Å². The van der Waals surface area contributed by atoms with Crippen LogP contribution in [-0.2, 0) is 6.54 Å². The number of benzene rings is 1. The van der Waals surface area contributed by atoms with E-state index in [9.17, 15) is 0 Å². The summed E-state index contributed by atoms with van der Waals surface area (Å²) < 4.78 is 0. The predicted molar refractivity (Wildman–Crippen MR) is 82.8 cm³/mol. The molecule has 0 bridgehead atoms. The summed E-state index contributed by atoms with van der Waals surface area (Å²) in [5, 5.41) is 13.1. The maximum Gasteiger partial charge on any atom is 0.0992 e. The van der Waals surface area contributed by atoms with Gasteiger partial charge in [-0.15, -0.1) is 0 Å². The molecule has 0 saturated carbocycles. The highest BCUT2D eigenvalue weighted by Gasteiger charge is 2.21. The predicted octanol–water partition coefficient (Wildman–Crippen LogP) is 3.18. The zero-order valence-corrected chi connectivity index (χ0v) is 12.8. The molecule has 1 heterocycles. The van der Waals surface area contributed by atoms with Crippen LogP contribution < -0.4 is 5.32 Å². The van der Waals surface area contributed by atoms with Crippen molar-refractivity contribution in [2.24, 2.45) is 0 Å². The number of hydrogen-bond acceptors (Lipinski definition) is 3. The molecule has 0 aromatic heterocycles. The largest absolute Gasteiger partial charge is 0.315 e. The van der Waals surface area contributed by atoms with E-state index in [0.29, 0.717) is 16.6 Å². The maximum absolute atomic E-state index is 8.90. The number of rotatable bonds is 5. The van der Waals surface area contributed by atoms with Gasteiger partial charge in [-0.3, -0.25) is 4.90 Å². The third-order valence-electron chi connectivity index (χ3n) is 3.85. The Kier molecular flexibility index (Phi) is 5.85. The van der Waals surface area contributed by atoms with Gasteiger partial charge in [0.05, 0.1) is 11.6 Å². The molecular weight excluding hydrogens is 270 g/mol. The summed E-state index contributed by atoms with van der Waals surface area (Å²) in [4.78, 5) is 2.51. The molecule has 1 aliphatic rings. The van der Waals surface area contributed by atoms with Crippen LogP contribution >= 0.6 is 11.6 Å². The fraction of sp³-hybridized carbons (Fsp3) is 0.562. The number of nitrogens with zero attached hydrogens (tertiary/aromatic N) is 2. The Labute approximate surface area is 126 Å². The van der Waals surface area contributed by atoms with Crippen molar-refractivity contribution in [1.82, 2.24) is 10.2 Å². The van der Waals surface area contributed by atoms with Gasteiger partial charge in [0.15, 0.2) is 0 Å². The number of hydrogen-bond donors (Lipinski definition) is 1. The van der Waals surface area contributed by atoms with Gasteiger partial charge in [-0.2, -0.15) is 5.26 Å². The minimum Gasteiger partial charge on any atom is -0.315 e. The molecule has 0 radical (unpaired) electrons. The van der Waals surface area contributed by atoms with Crippen molar-refractivity contribution in [3.05, 3.63) is 34.3 Å². The van der Waals surface area contributed by atoms with E-state index in [1.54, 1.807) is 6.07 Å². The molecule has 0 amide bonds. The monoisotopic (exact) mass is 291 g/mol. The van der Waals surface area contributed by atoms with Gasteiger partial charge >= 0.3 is 0 Å². The summed E-state index contributed by atoms with van der Waals surface area (Å²) in [6.07, 6.45) is 3.64. The fourth-order valence-electron chi connectivity index (χ4n) is 2.79. The molecule has 1 N–H and O–H groups in total. The van der Waals surface area contributed by atoms with Crippen LogP contribution in [0.3, 0.4) is 0 Å². The van der Waals surface area contributed by atoms with Gasteiger partial charge in [0.25, 0.3) is 0 Å². The number of nitriles is 1. The molecule has 108 valence electrons. The van der Waals surface area contributed by atoms with E-state index in [0.717, 1.165) is 38.2 Å². The van der Waals surface area contributed by atoms with Crippen LogP contribution in [0.5, 0.6) is 0 Å². The van der Waals surface area contributed by atoms with Crippen molar-refractivity contribution < 1.29 is 0 Å². The highest BCUT2D eigenvalue weighted by molar-refractivity contribution is 6.31. The first-order valence-electron chi connectivity index (χ1n) is 7.38. The van der Waals surface area contributed by atoms with Gasteiger partial charge < -0.3 is 5.32 Å². The average molecular weight is 292 g/mol. The van der Waals surface area contributed by atoms with Crippen molar-refractivity contribution in [3.8, 4) is 6.07 Å². The standard InChI is InChI=1S/C16H22ClN3/c1-2-8-20(15-4-3-7-19-11-15)12-14-6-5-13(10-18)9-16(14)17/h5-6,9,15,19H,2-4,7-8,11-12H2,1H3. The highest BCUT2D eigenvalue weighted by atomic mass is 35.5. The summed E-state index contributed by atoms with van der Waals surface area (Å²) >= 11 is 6.30. The summed E-state index contributed by atoms with van der Waals surface area (Å²) in [5.74, 6) is 0. The molecule has 2 rings (SSSR count). The Morgan fingerprint density at radius 3 is 2.95 bits per heavy atom. The second-order valence-corrected chi connectivity index (χ2v) is 5.80. The minimum atomic E-state index is 0.593. The average Bonchev–Trinajstić information content (AvgIpc) is 2.49. The smallest absolute Gasteiger partial charge is 0.0992 e. The van der Waals surface area contributed by atoms with Crippen LogP contribution in [0.4, 0.5) is 0 Å². The van der Waals surface area contributed by atoms with Crippen LogP contribution in [0, 0.1) is 11.3 Å². The molecule has 1 fully saturated rings. The fourth-order valence-corrected chi connectivity index (χ4v) is 3.03. The van der Waals surface area contributed by atoms with Crippen LogP contribution in [0.25, 0.3) is 0 Å². The molecule has 0 spiro atoms. The zero-order valence-electron chi connectivity index (χ0n) is 12.0. The molecular formula is C16H22ClN3. The first-order chi connectivity index (χ1) is 9.74. The van der Waals surface area contributed by atoms with Crippen LogP contribution in [0.1, 0.15) is 37.3 Å². The molecule has 1 atom stereocenters. The second kappa shape index (κ2) is 7.64. The van der Waals surface area contributed by atoms with E-state index < -0.39 is 0 Å². The Bertz CT molecular complexity index is 475. The second-order valence-electron chi connectivity index (χ2n) is 5.39. The van der Waals surface area contributed by atoms with E-state index >= 15 is 0 Å². The van der Waals surface area contributed by atoms with Gasteiger partial charge in [0.1, 0.15) is 0 Å². The Morgan fingerprint density at radius 1 is 1.50 bits per heavy atom. The quantitative estimate of drug-likeness (QED) is 0.906. The summed E-state index contributed by atoms with van der Waals surface area (Å²) in [6, 6.07) is 8.32. The SMILES string of the molecule is CCCN(Cc1ccc(C#N)cc1Cl)C1CCCNC1. The first-order valence-corrected chi connectivity index (χ1v) is 7.75. The molecule has 1 aromatic rings. The van der Waals surface area contributed by atoms with Gasteiger partial charge in [0.2, 0.25) is 0 Å².